The van der Waals surface area contributed by atoms with Crippen molar-refractivity contribution in [3.05, 3.63) is 53.1 Å². The van der Waals surface area contributed by atoms with Gasteiger partial charge in [-0.2, -0.15) is 4.98 Å². The molecule has 0 spiro atoms. The van der Waals surface area contributed by atoms with E-state index in [-0.39, 0.29) is 0 Å². The van der Waals surface area contributed by atoms with Crippen molar-refractivity contribution in [2.24, 2.45) is 0 Å². The van der Waals surface area contributed by atoms with E-state index in [9.17, 15) is 0 Å². The zero-order valence-corrected chi connectivity index (χ0v) is 12.0. The van der Waals surface area contributed by atoms with Crippen LogP contribution in [0.4, 0.5) is 5.69 Å². The molecule has 1 N–H and O–H groups in total. The fourth-order valence-electron chi connectivity index (χ4n) is 1.70. The average molecular weight is 302 g/mol. The molecular weight excluding hydrogens is 290 g/mol. The van der Waals surface area contributed by atoms with Crippen LogP contribution in [0.1, 0.15) is 11.5 Å². The second-order valence-electron chi connectivity index (χ2n) is 4.46. The smallest absolute Gasteiger partial charge is 0.246 e. The van der Waals surface area contributed by atoms with Crippen molar-refractivity contribution in [1.82, 2.24) is 20.1 Å². The highest BCUT2D eigenvalue weighted by Gasteiger charge is 2.10. The first kappa shape index (κ1) is 13.5. The van der Waals surface area contributed by atoms with Gasteiger partial charge in [-0.25, -0.2) is 9.97 Å². The van der Waals surface area contributed by atoms with Gasteiger partial charge in [-0.05, 0) is 30.7 Å². The SMILES string of the molecule is Cc1cnc(-c2noc(CNc3cccc(Cl)c3)n2)nc1. The van der Waals surface area contributed by atoms with Crippen molar-refractivity contribution < 1.29 is 4.52 Å². The Bertz CT molecular complexity index is 741. The summed E-state index contributed by atoms with van der Waals surface area (Å²) in [6.07, 6.45) is 3.42. The van der Waals surface area contributed by atoms with Crippen LogP contribution in [0, 0.1) is 6.92 Å². The van der Waals surface area contributed by atoms with Gasteiger partial charge in [-0.1, -0.05) is 22.8 Å². The molecule has 0 unspecified atom stereocenters. The van der Waals surface area contributed by atoms with E-state index < -0.39 is 0 Å². The summed E-state index contributed by atoms with van der Waals surface area (Å²) < 4.78 is 5.16. The van der Waals surface area contributed by atoms with Gasteiger partial charge in [0.15, 0.2) is 0 Å². The number of halogens is 1. The average Bonchev–Trinajstić information content (AvgIpc) is 2.95. The van der Waals surface area contributed by atoms with Gasteiger partial charge in [-0.3, -0.25) is 0 Å². The maximum absolute atomic E-state index is 5.92. The number of anilines is 1. The number of hydrogen-bond acceptors (Lipinski definition) is 6. The Morgan fingerprint density at radius 3 is 2.76 bits per heavy atom. The Morgan fingerprint density at radius 1 is 1.19 bits per heavy atom. The van der Waals surface area contributed by atoms with Crippen LogP contribution in [0.3, 0.4) is 0 Å². The largest absolute Gasteiger partial charge is 0.376 e. The minimum atomic E-state index is 0.373. The van der Waals surface area contributed by atoms with Crippen LogP contribution in [0.25, 0.3) is 11.6 Å². The van der Waals surface area contributed by atoms with Gasteiger partial charge in [0.05, 0.1) is 6.54 Å². The number of rotatable bonds is 4. The summed E-state index contributed by atoms with van der Waals surface area (Å²) in [5.41, 5.74) is 1.86. The maximum atomic E-state index is 5.92. The quantitative estimate of drug-likeness (QED) is 0.798. The predicted molar refractivity (Wildman–Crippen MR) is 78.8 cm³/mol. The highest BCUT2D eigenvalue weighted by molar-refractivity contribution is 6.30. The van der Waals surface area contributed by atoms with E-state index >= 15 is 0 Å². The van der Waals surface area contributed by atoms with Crippen LogP contribution in [0.5, 0.6) is 0 Å². The normalized spacial score (nSPS) is 10.6. The molecule has 0 fully saturated rings. The molecule has 0 aliphatic carbocycles. The Labute approximate surface area is 126 Å². The Balaban J connectivity index is 1.69. The number of nitrogens with zero attached hydrogens (tertiary/aromatic N) is 4. The van der Waals surface area contributed by atoms with Gasteiger partial charge < -0.3 is 9.84 Å². The monoisotopic (exact) mass is 301 g/mol. The summed E-state index contributed by atoms with van der Waals surface area (Å²) in [7, 11) is 0. The molecule has 0 atom stereocenters. The first-order chi connectivity index (χ1) is 10.2. The third-order valence-corrected chi connectivity index (χ3v) is 2.95. The molecule has 0 aliphatic rings. The number of nitrogens with one attached hydrogen (secondary N) is 1. The van der Waals surface area contributed by atoms with Gasteiger partial charge >= 0.3 is 0 Å². The molecule has 1 aromatic carbocycles. The van der Waals surface area contributed by atoms with Crippen molar-refractivity contribution in [3.63, 3.8) is 0 Å². The molecule has 0 radical (unpaired) electrons. The zero-order chi connectivity index (χ0) is 14.7. The molecule has 3 aromatic rings. The summed E-state index contributed by atoms with van der Waals surface area (Å²) >= 11 is 5.92. The van der Waals surface area contributed by atoms with Crippen LogP contribution >= 0.6 is 11.6 Å². The molecule has 21 heavy (non-hydrogen) atoms. The summed E-state index contributed by atoms with van der Waals surface area (Å²) in [6.45, 7) is 2.32. The minimum Gasteiger partial charge on any atom is -0.376 e. The maximum Gasteiger partial charge on any atom is 0.246 e. The molecule has 0 saturated heterocycles. The second kappa shape index (κ2) is 5.88. The van der Waals surface area contributed by atoms with Crippen molar-refractivity contribution >= 4 is 17.3 Å². The lowest BCUT2D eigenvalue weighted by Gasteiger charge is -2.02. The zero-order valence-electron chi connectivity index (χ0n) is 11.2. The van der Waals surface area contributed by atoms with Gasteiger partial charge in [-0.15, -0.1) is 0 Å². The minimum absolute atomic E-state index is 0.373. The predicted octanol–water partition coefficient (Wildman–Crippen LogP) is 3.10. The van der Waals surface area contributed by atoms with Crippen molar-refractivity contribution in [3.8, 4) is 11.6 Å². The molecule has 106 valence electrons. The van der Waals surface area contributed by atoms with Gasteiger partial charge in [0.1, 0.15) is 0 Å². The van der Waals surface area contributed by atoms with Crippen LogP contribution in [0.2, 0.25) is 5.02 Å². The molecule has 0 aliphatic heterocycles. The molecule has 6 nitrogen and oxygen atoms in total. The Hall–Kier alpha value is -2.47. The fraction of sp³-hybridized carbons (Fsp3) is 0.143. The lowest BCUT2D eigenvalue weighted by Crippen LogP contribution is -1.99. The number of benzene rings is 1. The summed E-state index contributed by atoms with van der Waals surface area (Å²) in [4.78, 5) is 12.6. The molecular formula is C14H12ClN5O. The number of aromatic nitrogens is 4. The summed E-state index contributed by atoms with van der Waals surface area (Å²) in [5, 5.41) is 7.69. The molecule has 0 saturated carbocycles. The van der Waals surface area contributed by atoms with E-state index in [1.807, 2.05) is 31.2 Å². The van der Waals surface area contributed by atoms with Gasteiger partial charge in [0.25, 0.3) is 0 Å². The standard InChI is InChI=1S/C14H12ClN5O/c1-9-6-17-13(18-7-9)14-19-12(21-20-14)8-16-11-4-2-3-10(15)5-11/h2-7,16H,8H2,1H3. The summed E-state index contributed by atoms with van der Waals surface area (Å²) in [6, 6.07) is 7.41. The topological polar surface area (TPSA) is 76.7 Å². The van der Waals surface area contributed by atoms with E-state index in [0.29, 0.717) is 29.1 Å². The third kappa shape index (κ3) is 3.35. The molecule has 7 heteroatoms. The van der Waals surface area contributed by atoms with Crippen LogP contribution in [0.15, 0.2) is 41.2 Å². The molecule has 0 bridgehead atoms. The van der Waals surface area contributed by atoms with Gasteiger partial charge in [0, 0.05) is 23.1 Å². The van der Waals surface area contributed by atoms with Crippen LogP contribution < -0.4 is 5.32 Å². The van der Waals surface area contributed by atoms with E-state index in [1.165, 1.54) is 0 Å². The van der Waals surface area contributed by atoms with E-state index in [1.54, 1.807) is 12.4 Å². The van der Waals surface area contributed by atoms with E-state index in [2.05, 4.69) is 25.4 Å². The second-order valence-corrected chi connectivity index (χ2v) is 4.90. The fourth-order valence-corrected chi connectivity index (χ4v) is 1.89. The molecule has 0 amide bonds. The molecule has 3 rings (SSSR count). The number of hydrogen-bond donors (Lipinski definition) is 1. The van der Waals surface area contributed by atoms with Crippen molar-refractivity contribution in [2.75, 3.05) is 5.32 Å². The highest BCUT2D eigenvalue weighted by atomic mass is 35.5. The Morgan fingerprint density at radius 2 is 2.00 bits per heavy atom. The Kier molecular flexibility index (Phi) is 3.79. The molecule has 2 heterocycles. The first-order valence-corrected chi connectivity index (χ1v) is 6.69. The van der Waals surface area contributed by atoms with Crippen LogP contribution in [-0.4, -0.2) is 20.1 Å². The van der Waals surface area contributed by atoms with Crippen molar-refractivity contribution in [2.45, 2.75) is 13.5 Å². The third-order valence-electron chi connectivity index (χ3n) is 2.72. The van der Waals surface area contributed by atoms with Gasteiger partial charge in [0.2, 0.25) is 17.5 Å². The van der Waals surface area contributed by atoms with E-state index in [4.69, 9.17) is 16.1 Å². The first-order valence-electron chi connectivity index (χ1n) is 6.32. The highest BCUT2D eigenvalue weighted by Crippen LogP contribution is 2.16. The lowest BCUT2D eigenvalue weighted by atomic mass is 10.3. The summed E-state index contributed by atoms with van der Waals surface area (Å²) in [5.74, 6) is 1.27. The number of aryl methyl sites for hydroxylation is 1. The lowest BCUT2D eigenvalue weighted by molar-refractivity contribution is 0.384. The van der Waals surface area contributed by atoms with Crippen molar-refractivity contribution in [1.29, 1.82) is 0 Å². The molecule has 2 aromatic heterocycles. The van der Waals surface area contributed by atoms with E-state index in [0.717, 1.165) is 11.3 Å². The van der Waals surface area contributed by atoms with Crippen LogP contribution in [-0.2, 0) is 6.54 Å².